The number of methoxy groups -OCH3 is 1. The number of rotatable bonds is 6. The lowest BCUT2D eigenvalue weighted by atomic mass is 10.1. The number of sulfonamides is 1. The van der Waals surface area contributed by atoms with Gasteiger partial charge in [-0.2, -0.15) is 0 Å². The summed E-state index contributed by atoms with van der Waals surface area (Å²) in [5.74, 6) is 0.978. The number of fused-ring (bicyclic) bond motifs is 1. The van der Waals surface area contributed by atoms with Crippen LogP contribution in [-0.2, 0) is 16.6 Å². The average Bonchev–Trinajstić information content (AvgIpc) is 2.44. The van der Waals surface area contributed by atoms with Crippen LogP contribution in [0.2, 0.25) is 0 Å². The first-order valence-corrected chi connectivity index (χ1v) is 8.23. The smallest absolute Gasteiger partial charge is 0.211 e. The topological polar surface area (TPSA) is 55.4 Å². The fourth-order valence-corrected chi connectivity index (χ4v) is 3.11. The standard InChI is InChI=1S/C15H19NO3S/c1-3-8-20(17,18)16-11-12-4-5-14-10-15(19-2)7-6-13(14)9-12/h4-7,9-10,16H,3,8,11H2,1-2H3. The first-order chi connectivity index (χ1) is 9.54. The lowest BCUT2D eigenvalue weighted by molar-refractivity contribution is 0.415. The Kier molecular flexibility index (Phi) is 4.62. The summed E-state index contributed by atoms with van der Waals surface area (Å²) in [5.41, 5.74) is 0.947. The van der Waals surface area contributed by atoms with Crippen LogP contribution in [0.15, 0.2) is 36.4 Å². The van der Waals surface area contributed by atoms with Crippen LogP contribution in [0.1, 0.15) is 18.9 Å². The van der Waals surface area contributed by atoms with Crippen molar-refractivity contribution in [3.05, 3.63) is 42.0 Å². The van der Waals surface area contributed by atoms with E-state index >= 15 is 0 Å². The van der Waals surface area contributed by atoms with Crippen molar-refractivity contribution in [3.63, 3.8) is 0 Å². The SMILES string of the molecule is CCCS(=O)(=O)NCc1ccc2cc(OC)ccc2c1. The highest BCUT2D eigenvalue weighted by molar-refractivity contribution is 7.89. The van der Waals surface area contributed by atoms with E-state index in [-0.39, 0.29) is 5.75 Å². The zero-order valence-corrected chi connectivity index (χ0v) is 12.5. The van der Waals surface area contributed by atoms with E-state index in [0.717, 1.165) is 22.1 Å². The third kappa shape index (κ3) is 3.71. The van der Waals surface area contributed by atoms with Gasteiger partial charge in [-0.3, -0.25) is 0 Å². The van der Waals surface area contributed by atoms with Crippen LogP contribution in [-0.4, -0.2) is 21.3 Å². The predicted octanol–water partition coefficient (Wildman–Crippen LogP) is 2.68. The quantitative estimate of drug-likeness (QED) is 0.891. The molecule has 0 aliphatic carbocycles. The van der Waals surface area contributed by atoms with Crippen molar-refractivity contribution < 1.29 is 13.2 Å². The van der Waals surface area contributed by atoms with E-state index < -0.39 is 10.0 Å². The molecule has 20 heavy (non-hydrogen) atoms. The Hall–Kier alpha value is -1.59. The van der Waals surface area contributed by atoms with Crippen LogP contribution in [0, 0.1) is 0 Å². The summed E-state index contributed by atoms with van der Waals surface area (Å²) in [5, 5.41) is 2.14. The van der Waals surface area contributed by atoms with Crippen LogP contribution >= 0.6 is 0 Å². The van der Waals surface area contributed by atoms with E-state index in [1.54, 1.807) is 7.11 Å². The minimum Gasteiger partial charge on any atom is -0.497 e. The van der Waals surface area contributed by atoms with Crippen LogP contribution in [0.3, 0.4) is 0 Å². The maximum absolute atomic E-state index is 11.6. The van der Waals surface area contributed by atoms with Gasteiger partial charge in [0.1, 0.15) is 5.75 Å². The van der Waals surface area contributed by atoms with Crippen LogP contribution in [0.4, 0.5) is 0 Å². The maximum atomic E-state index is 11.6. The second-order valence-electron chi connectivity index (χ2n) is 4.69. The molecule has 0 aliphatic rings. The van der Waals surface area contributed by atoms with Gasteiger partial charge in [-0.25, -0.2) is 13.1 Å². The first kappa shape index (κ1) is 14.8. The lowest BCUT2D eigenvalue weighted by Crippen LogP contribution is -2.25. The largest absolute Gasteiger partial charge is 0.497 e. The molecule has 0 aromatic heterocycles. The van der Waals surface area contributed by atoms with Gasteiger partial charge in [-0.15, -0.1) is 0 Å². The van der Waals surface area contributed by atoms with E-state index in [9.17, 15) is 8.42 Å². The van der Waals surface area contributed by atoms with E-state index in [1.807, 2.05) is 43.3 Å². The fraction of sp³-hybridized carbons (Fsp3) is 0.333. The minimum absolute atomic E-state index is 0.164. The molecule has 2 aromatic carbocycles. The monoisotopic (exact) mass is 293 g/mol. The molecule has 0 aliphatic heterocycles. The molecule has 2 rings (SSSR count). The van der Waals surface area contributed by atoms with Gasteiger partial charge < -0.3 is 4.74 Å². The Morgan fingerprint density at radius 1 is 1.10 bits per heavy atom. The molecule has 2 aromatic rings. The highest BCUT2D eigenvalue weighted by Gasteiger charge is 2.08. The zero-order chi connectivity index (χ0) is 14.6. The van der Waals surface area contributed by atoms with E-state index in [0.29, 0.717) is 13.0 Å². The Bertz CT molecular complexity index is 695. The maximum Gasteiger partial charge on any atom is 0.211 e. The Morgan fingerprint density at radius 3 is 2.50 bits per heavy atom. The minimum atomic E-state index is -3.16. The normalized spacial score (nSPS) is 11.7. The van der Waals surface area contributed by atoms with Crippen molar-refractivity contribution in [2.45, 2.75) is 19.9 Å². The Labute approximate surface area is 119 Å². The van der Waals surface area contributed by atoms with Crippen LogP contribution in [0.25, 0.3) is 10.8 Å². The second-order valence-corrected chi connectivity index (χ2v) is 6.61. The summed E-state index contributed by atoms with van der Waals surface area (Å²) in [4.78, 5) is 0. The molecule has 0 atom stereocenters. The molecule has 0 bridgehead atoms. The molecule has 0 saturated heterocycles. The summed E-state index contributed by atoms with van der Waals surface area (Å²) < 4.78 is 31.0. The van der Waals surface area contributed by atoms with Crippen molar-refractivity contribution in [1.29, 1.82) is 0 Å². The van der Waals surface area contributed by atoms with Gasteiger partial charge in [0.25, 0.3) is 0 Å². The molecule has 0 saturated carbocycles. The molecule has 0 amide bonds. The van der Waals surface area contributed by atoms with Crippen molar-refractivity contribution >= 4 is 20.8 Å². The lowest BCUT2D eigenvalue weighted by Gasteiger charge is -2.07. The number of benzene rings is 2. The molecule has 0 unspecified atom stereocenters. The number of hydrogen-bond acceptors (Lipinski definition) is 3. The summed E-state index contributed by atoms with van der Waals surface area (Å²) >= 11 is 0. The Balaban J connectivity index is 2.16. The van der Waals surface area contributed by atoms with E-state index in [4.69, 9.17) is 4.74 Å². The molecule has 5 heteroatoms. The summed E-state index contributed by atoms with van der Waals surface area (Å²) in [6.45, 7) is 2.17. The van der Waals surface area contributed by atoms with Gasteiger partial charge in [-0.1, -0.05) is 25.1 Å². The molecule has 0 spiro atoms. The molecular formula is C15H19NO3S. The number of ether oxygens (including phenoxy) is 1. The Morgan fingerprint density at radius 2 is 1.80 bits per heavy atom. The second kappa shape index (κ2) is 6.24. The van der Waals surface area contributed by atoms with Gasteiger partial charge in [-0.05, 0) is 41.0 Å². The summed E-state index contributed by atoms with van der Waals surface area (Å²) in [7, 11) is -1.53. The predicted molar refractivity (Wildman–Crippen MR) is 81.4 cm³/mol. The van der Waals surface area contributed by atoms with Crippen molar-refractivity contribution in [2.24, 2.45) is 0 Å². The fourth-order valence-electron chi connectivity index (χ4n) is 2.04. The summed E-state index contributed by atoms with van der Waals surface area (Å²) in [6, 6.07) is 11.7. The van der Waals surface area contributed by atoms with Gasteiger partial charge in [0.2, 0.25) is 10.0 Å². The average molecular weight is 293 g/mol. The van der Waals surface area contributed by atoms with Crippen molar-refractivity contribution in [3.8, 4) is 5.75 Å². The third-order valence-electron chi connectivity index (χ3n) is 3.08. The van der Waals surface area contributed by atoms with Gasteiger partial charge >= 0.3 is 0 Å². The number of nitrogens with one attached hydrogen (secondary N) is 1. The van der Waals surface area contributed by atoms with Crippen molar-refractivity contribution in [2.75, 3.05) is 12.9 Å². The molecule has 0 fully saturated rings. The van der Waals surface area contributed by atoms with Crippen molar-refractivity contribution in [1.82, 2.24) is 4.72 Å². The highest BCUT2D eigenvalue weighted by atomic mass is 32.2. The van der Waals surface area contributed by atoms with E-state index in [2.05, 4.69) is 4.72 Å². The molecule has 1 N–H and O–H groups in total. The number of hydrogen-bond donors (Lipinski definition) is 1. The molecular weight excluding hydrogens is 274 g/mol. The van der Waals surface area contributed by atoms with Gasteiger partial charge in [0, 0.05) is 6.54 Å². The zero-order valence-electron chi connectivity index (χ0n) is 11.7. The highest BCUT2D eigenvalue weighted by Crippen LogP contribution is 2.21. The molecule has 0 heterocycles. The molecule has 0 radical (unpaired) electrons. The first-order valence-electron chi connectivity index (χ1n) is 6.58. The van der Waals surface area contributed by atoms with Gasteiger partial charge in [0.05, 0.1) is 12.9 Å². The third-order valence-corrected chi connectivity index (χ3v) is 4.61. The summed E-state index contributed by atoms with van der Waals surface area (Å²) in [6.07, 6.45) is 0.618. The van der Waals surface area contributed by atoms with Gasteiger partial charge in [0.15, 0.2) is 0 Å². The van der Waals surface area contributed by atoms with Crippen LogP contribution in [0.5, 0.6) is 5.75 Å². The van der Waals surface area contributed by atoms with E-state index in [1.165, 1.54) is 0 Å². The molecule has 4 nitrogen and oxygen atoms in total. The molecule has 108 valence electrons. The van der Waals surface area contributed by atoms with Crippen LogP contribution < -0.4 is 9.46 Å².